The molecule has 4 aromatic rings. The maximum Gasteiger partial charge on any atom is 1.00 e. The third kappa shape index (κ3) is 11.4. The van der Waals surface area contributed by atoms with E-state index in [0.717, 1.165) is 19.3 Å². The van der Waals surface area contributed by atoms with Gasteiger partial charge in [-0.15, -0.1) is 45.3 Å². The van der Waals surface area contributed by atoms with E-state index < -0.39 is 43.3 Å². The first-order valence-electron chi connectivity index (χ1n) is 16.2. The van der Waals surface area contributed by atoms with Crippen LogP contribution >= 0.6 is 45.3 Å². The Balaban J connectivity index is 0.000000293. The Morgan fingerprint density at radius 2 is 1.15 bits per heavy atom. The molecule has 4 aromatic heterocycles. The van der Waals surface area contributed by atoms with Crippen LogP contribution in [-0.4, -0.2) is 59.4 Å². The molecule has 276 valence electrons. The van der Waals surface area contributed by atoms with Crippen molar-refractivity contribution < 1.29 is 117 Å². The number of ether oxygens (including phenoxy) is 2. The number of hydrogen-bond donors (Lipinski definition) is 1. The maximum atomic E-state index is 12.4. The molecule has 0 amide bonds. The van der Waals surface area contributed by atoms with Gasteiger partial charge in [0, 0.05) is 38.0 Å². The minimum absolute atomic E-state index is 0. The Morgan fingerprint density at radius 1 is 0.704 bits per heavy atom. The average Bonchev–Trinajstić information content (AvgIpc) is 3.93. The number of carboxylic acid groups (broad SMARTS) is 3. The Hall–Kier alpha value is -2.19. The predicted molar refractivity (Wildman–Crippen MR) is 191 cm³/mol. The van der Waals surface area contributed by atoms with Crippen molar-refractivity contribution in [1.29, 1.82) is 0 Å². The molecule has 0 fully saturated rings. The van der Waals surface area contributed by atoms with Gasteiger partial charge in [-0.3, -0.25) is 19.2 Å². The molecule has 0 radical (unpaired) electrons. The molecular formula is C36H34Na2O12S4. The number of aliphatic carboxylic acids is 3. The summed E-state index contributed by atoms with van der Waals surface area (Å²) in [5, 5.41) is 32.8. The van der Waals surface area contributed by atoms with Crippen LogP contribution in [-0.2, 0) is 23.9 Å². The zero-order valence-corrected chi connectivity index (χ0v) is 37.8. The Morgan fingerprint density at radius 3 is 1.52 bits per heavy atom. The summed E-state index contributed by atoms with van der Waals surface area (Å²) in [6.45, 7) is 6.37. The third-order valence-electron chi connectivity index (χ3n) is 8.08. The van der Waals surface area contributed by atoms with Crippen LogP contribution in [0.1, 0.15) is 136 Å². The number of carboxylic acids is 3. The minimum atomic E-state index is -1.31. The number of ketones is 4. The van der Waals surface area contributed by atoms with Gasteiger partial charge in [0.2, 0.25) is 11.6 Å². The molecule has 3 unspecified atom stereocenters. The average molecular weight is 833 g/mol. The number of unbranched alkanes of at least 4 members (excludes halogenated alkanes) is 1. The zero-order chi connectivity index (χ0) is 38.3. The van der Waals surface area contributed by atoms with Gasteiger partial charge in [-0.05, 0) is 67.6 Å². The summed E-state index contributed by atoms with van der Waals surface area (Å²) >= 11 is 4.88. The molecule has 4 heterocycles. The van der Waals surface area contributed by atoms with Crippen LogP contribution in [0.2, 0.25) is 0 Å². The second-order valence-electron chi connectivity index (χ2n) is 11.7. The fourth-order valence-corrected chi connectivity index (χ4v) is 9.22. The largest absolute Gasteiger partial charge is 1.00 e. The van der Waals surface area contributed by atoms with E-state index in [4.69, 9.17) is 14.6 Å². The van der Waals surface area contributed by atoms with Gasteiger partial charge in [-0.25, -0.2) is 4.79 Å². The van der Waals surface area contributed by atoms with Crippen molar-refractivity contribution >= 4 is 86.4 Å². The molecule has 6 rings (SSSR count). The Kier molecular flexibility index (Phi) is 19.5. The summed E-state index contributed by atoms with van der Waals surface area (Å²) in [6.07, 6.45) is 2.53. The Labute approximate surface area is 371 Å². The SMILES string of the molecule is CC(OCC(=O)O)c1cc2c(s1)C(=O)c1sccc1C2=O.CC(OCC(=O)[O-])c1cc2c(s1)C(=O)c1sccc1C2=O.CCCCC(CC)C(=O)[O-].[Na+].[Na+]. The molecule has 3 atom stereocenters. The van der Waals surface area contributed by atoms with E-state index in [1.165, 1.54) is 45.3 Å². The topological polar surface area (TPSA) is 204 Å². The maximum absolute atomic E-state index is 12.4. The quantitative estimate of drug-likeness (QED) is 0.141. The summed E-state index contributed by atoms with van der Waals surface area (Å²) in [5.74, 6) is -4.11. The molecule has 0 spiro atoms. The van der Waals surface area contributed by atoms with Gasteiger partial charge in [0.05, 0.1) is 44.3 Å². The fraction of sp³-hybridized carbons (Fsp3) is 0.361. The van der Waals surface area contributed by atoms with Crippen molar-refractivity contribution in [3.05, 3.63) is 86.5 Å². The van der Waals surface area contributed by atoms with E-state index in [1.54, 1.807) is 48.9 Å². The zero-order valence-electron chi connectivity index (χ0n) is 30.5. The van der Waals surface area contributed by atoms with Gasteiger partial charge in [-0.1, -0.05) is 26.7 Å². The number of carbonyl (C=O) groups excluding carboxylic acids is 6. The molecule has 2 aliphatic rings. The molecular weight excluding hydrogens is 799 g/mol. The first-order chi connectivity index (χ1) is 24.7. The summed E-state index contributed by atoms with van der Waals surface area (Å²) in [5.41, 5.74) is 1.64. The first kappa shape index (κ1) is 48.0. The second kappa shape index (κ2) is 21.9. The van der Waals surface area contributed by atoms with Gasteiger partial charge in [-0.2, -0.15) is 0 Å². The minimum Gasteiger partial charge on any atom is -0.550 e. The van der Waals surface area contributed by atoms with Crippen molar-refractivity contribution in [1.82, 2.24) is 0 Å². The third-order valence-corrected chi connectivity index (χ3v) is 12.5. The molecule has 0 saturated carbocycles. The fourth-order valence-electron chi connectivity index (χ4n) is 5.21. The van der Waals surface area contributed by atoms with Crippen LogP contribution in [0.25, 0.3) is 0 Å². The number of hydrogen-bond acceptors (Lipinski definition) is 15. The van der Waals surface area contributed by atoms with Crippen molar-refractivity contribution in [3.8, 4) is 0 Å². The first-order valence-corrected chi connectivity index (χ1v) is 19.6. The molecule has 0 saturated heterocycles. The second-order valence-corrected chi connectivity index (χ2v) is 15.7. The summed E-state index contributed by atoms with van der Waals surface area (Å²) in [4.78, 5) is 83.7. The number of fused-ring (bicyclic) bond motifs is 4. The van der Waals surface area contributed by atoms with E-state index in [1.807, 2.05) is 6.92 Å². The van der Waals surface area contributed by atoms with Gasteiger partial charge < -0.3 is 34.4 Å². The van der Waals surface area contributed by atoms with Crippen molar-refractivity contribution in [2.45, 2.75) is 65.6 Å². The molecule has 1 N–H and O–H groups in total. The molecule has 0 aromatic carbocycles. The van der Waals surface area contributed by atoms with E-state index >= 15 is 0 Å². The molecule has 0 bridgehead atoms. The van der Waals surface area contributed by atoms with E-state index in [2.05, 4.69) is 6.92 Å². The predicted octanol–water partition coefficient (Wildman–Crippen LogP) is -0.880. The van der Waals surface area contributed by atoms with Gasteiger partial charge in [0.1, 0.15) is 6.61 Å². The summed E-state index contributed by atoms with van der Waals surface area (Å²) in [7, 11) is 0. The number of carbonyl (C=O) groups is 7. The van der Waals surface area contributed by atoms with E-state index in [0.29, 0.717) is 57.9 Å². The van der Waals surface area contributed by atoms with Crippen LogP contribution in [0.4, 0.5) is 0 Å². The van der Waals surface area contributed by atoms with Gasteiger partial charge >= 0.3 is 65.1 Å². The van der Waals surface area contributed by atoms with Crippen molar-refractivity contribution in [2.75, 3.05) is 13.2 Å². The van der Waals surface area contributed by atoms with Crippen LogP contribution in [0.3, 0.4) is 0 Å². The van der Waals surface area contributed by atoms with Crippen LogP contribution in [0.5, 0.6) is 0 Å². The van der Waals surface area contributed by atoms with Crippen LogP contribution < -0.4 is 69.3 Å². The van der Waals surface area contributed by atoms with E-state index in [-0.39, 0.29) is 88.2 Å². The van der Waals surface area contributed by atoms with Crippen LogP contribution in [0.15, 0.2) is 35.0 Å². The van der Waals surface area contributed by atoms with Crippen LogP contribution in [0, 0.1) is 5.92 Å². The number of thiophene rings is 4. The van der Waals surface area contributed by atoms with Gasteiger partial charge in [0.15, 0.2) is 11.6 Å². The molecule has 12 nitrogen and oxygen atoms in total. The Bertz CT molecular complexity index is 1780. The molecule has 18 heteroatoms. The van der Waals surface area contributed by atoms with E-state index in [9.17, 15) is 43.8 Å². The van der Waals surface area contributed by atoms with Gasteiger partial charge in [0.25, 0.3) is 0 Å². The monoisotopic (exact) mass is 832 g/mol. The normalized spacial score (nSPS) is 13.9. The summed E-state index contributed by atoms with van der Waals surface area (Å²) in [6, 6.07) is 6.55. The standard InChI is InChI=1S/2C14H10O5S2.C8H16O2.2Na/c2*1-6(19-5-10(15)16)9-4-8-11(17)7-2-3-20-13(7)12(18)14(8)21-9;1-3-5-6-7(4-2)8(9)10;;/h2*2-4,6H,5H2,1H3,(H,15,16);7H,3-6H2,1-2H3,(H,9,10);;/q;;;2*+1/p-2. The molecule has 54 heavy (non-hydrogen) atoms. The smallest absolute Gasteiger partial charge is 0.550 e. The molecule has 2 aliphatic carbocycles. The van der Waals surface area contributed by atoms with Crippen molar-refractivity contribution in [2.24, 2.45) is 5.92 Å². The molecule has 0 aliphatic heterocycles. The van der Waals surface area contributed by atoms with Crippen molar-refractivity contribution in [3.63, 3.8) is 0 Å². The summed E-state index contributed by atoms with van der Waals surface area (Å²) < 4.78 is 10.3. The number of rotatable bonds is 13.